The summed E-state index contributed by atoms with van der Waals surface area (Å²) in [6.07, 6.45) is 2.83. The average Bonchev–Trinajstić information content (AvgIpc) is 2.11. The Labute approximate surface area is 60.3 Å². The molecule has 1 fully saturated rings. The molecule has 0 amide bonds. The molecule has 0 spiro atoms. The summed E-state index contributed by atoms with van der Waals surface area (Å²) >= 11 is 0. The van der Waals surface area contributed by atoms with E-state index in [0.717, 1.165) is 12.7 Å². The molecule has 0 bridgehead atoms. The molecule has 0 aromatic carbocycles. The van der Waals surface area contributed by atoms with Crippen LogP contribution in [0.2, 0.25) is 0 Å². The lowest BCUT2D eigenvalue weighted by Gasteiger charge is -2.02. The first kappa shape index (κ1) is 7.72. The van der Waals surface area contributed by atoms with Gasteiger partial charge in [0.05, 0.1) is 0 Å². The predicted molar refractivity (Wildman–Crippen MR) is 37.5 cm³/mol. The number of rotatable bonds is 1. The van der Waals surface area contributed by atoms with Gasteiger partial charge in [-0.15, -0.1) is 0 Å². The van der Waals surface area contributed by atoms with Crippen LogP contribution in [0.25, 0.3) is 0 Å². The van der Waals surface area contributed by atoms with Crippen LogP contribution in [0.15, 0.2) is 0 Å². The number of carbonyl (C=O) groups excluding carboxylic acids is 1. The molecular weight excluding hydrogens is 152 g/mol. The molecule has 1 aliphatic carbocycles. The molecule has 0 aromatic rings. The van der Waals surface area contributed by atoms with E-state index in [0.29, 0.717) is 12.8 Å². The largest absolute Gasteiger partial charge is 0.298 e. The van der Waals surface area contributed by atoms with Crippen LogP contribution in [-0.4, -0.2) is 25.7 Å². The van der Waals surface area contributed by atoms with Gasteiger partial charge in [-0.3, -0.25) is 4.79 Å². The van der Waals surface area contributed by atoms with Crippen LogP contribution in [0.1, 0.15) is 19.3 Å². The van der Waals surface area contributed by atoms with Crippen molar-refractivity contribution < 1.29 is 13.2 Å². The minimum atomic E-state index is -3.10. The highest BCUT2D eigenvalue weighted by Crippen LogP contribution is 2.20. The molecule has 10 heavy (non-hydrogen) atoms. The highest BCUT2D eigenvalue weighted by Gasteiger charge is 2.32. The smallest absolute Gasteiger partial charge is 0.157 e. The summed E-state index contributed by atoms with van der Waals surface area (Å²) in [5.74, 6) is -0.109. The van der Waals surface area contributed by atoms with Gasteiger partial charge in [0, 0.05) is 12.7 Å². The minimum absolute atomic E-state index is 0.109. The first-order valence-corrected chi connectivity index (χ1v) is 5.19. The zero-order valence-electron chi connectivity index (χ0n) is 5.83. The summed E-state index contributed by atoms with van der Waals surface area (Å²) in [7, 11) is -3.10. The quantitative estimate of drug-likeness (QED) is 0.551. The van der Waals surface area contributed by atoms with Gasteiger partial charge in [0.15, 0.2) is 15.6 Å². The molecule has 3 nitrogen and oxygen atoms in total. The second kappa shape index (κ2) is 2.34. The fraction of sp³-hybridized carbons (Fsp3) is 0.833. The second-order valence-electron chi connectivity index (χ2n) is 2.68. The van der Waals surface area contributed by atoms with Crippen molar-refractivity contribution in [2.45, 2.75) is 24.5 Å². The first-order chi connectivity index (χ1) is 4.52. The summed E-state index contributed by atoms with van der Waals surface area (Å²) in [4.78, 5) is 10.8. The summed E-state index contributed by atoms with van der Waals surface area (Å²) in [5.41, 5.74) is 0. The number of ketones is 1. The number of hydrogen-bond acceptors (Lipinski definition) is 3. The Bertz CT molecular complexity index is 240. The van der Waals surface area contributed by atoms with Crippen molar-refractivity contribution in [2.75, 3.05) is 6.26 Å². The predicted octanol–water partition coefficient (Wildman–Crippen LogP) is 0.153. The first-order valence-electron chi connectivity index (χ1n) is 3.23. The maximum Gasteiger partial charge on any atom is 0.157 e. The fourth-order valence-corrected chi connectivity index (χ4v) is 2.43. The molecule has 1 saturated carbocycles. The van der Waals surface area contributed by atoms with Crippen LogP contribution < -0.4 is 0 Å². The normalized spacial score (nSPS) is 27.3. The SMILES string of the molecule is CS(=O)(=O)[C@H]1CCCC1=O. The van der Waals surface area contributed by atoms with Crippen molar-refractivity contribution in [1.82, 2.24) is 0 Å². The Morgan fingerprint density at radius 2 is 2.10 bits per heavy atom. The number of sulfone groups is 1. The molecule has 0 radical (unpaired) electrons. The van der Waals surface area contributed by atoms with Crippen LogP contribution in [0.4, 0.5) is 0 Å². The Morgan fingerprint density at radius 1 is 1.50 bits per heavy atom. The lowest BCUT2D eigenvalue weighted by atomic mass is 10.3. The number of Topliss-reactive ketones (excluding diaryl/α,β-unsaturated/α-hetero) is 1. The van der Waals surface area contributed by atoms with Gasteiger partial charge in [-0.25, -0.2) is 8.42 Å². The molecule has 0 unspecified atom stereocenters. The van der Waals surface area contributed by atoms with Crippen LogP contribution in [-0.2, 0) is 14.6 Å². The van der Waals surface area contributed by atoms with Crippen molar-refractivity contribution in [1.29, 1.82) is 0 Å². The third-order valence-electron chi connectivity index (χ3n) is 1.77. The molecule has 0 aliphatic heterocycles. The third kappa shape index (κ3) is 1.37. The van der Waals surface area contributed by atoms with E-state index in [4.69, 9.17) is 0 Å². The zero-order valence-corrected chi connectivity index (χ0v) is 6.65. The van der Waals surface area contributed by atoms with Gasteiger partial charge in [0.2, 0.25) is 0 Å². The molecule has 1 rings (SSSR count). The summed E-state index contributed by atoms with van der Waals surface area (Å²) in [6, 6.07) is 0. The van der Waals surface area contributed by atoms with Crippen molar-refractivity contribution in [3.05, 3.63) is 0 Å². The maximum atomic E-state index is 10.8. The molecule has 0 heterocycles. The van der Waals surface area contributed by atoms with E-state index in [2.05, 4.69) is 0 Å². The van der Waals surface area contributed by atoms with Crippen molar-refractivity contribution in [3.8, 4) is 0 Å². The number of carbonyl (C=O) groups is 1. The topological polar surface area (TPSA) is 51.2 Å². The highest BCUT2D eigenvalue weighted by atomic mass is 32.2. The van der Waals surface area contributed by atoms with E-state index >= 15 is 0 Å². The van der Waals surface area contributed by atoms with Crippen LogP contribution in [0, 0.1) is 0 Å². The van der Waals surface area contributed by atoms with E-state index in [-0.39, 0.29) is 5.78 Å². The zero-order chi connectivity index (χ0) is 7.78. The van der Waals surface area contributed by atoms with Crippen molar-refractivity contribution in [3.63, 3.8) is 0 Å². The molecule has 0 N–H and O–H groups in total. The molecule has 0 saturated heterocycles. The second-order valence-corrected chi connectivity index (χ2v) is 4.90. The summed E-state index contributed by atoms with van der Waals surface area (Å²) in [6.45, 7) is 0. The third-order valence-corrected chi connectivity index (χ3v) is 3.30. The maximum absolute atomic E-state index is 10.8. The van der Waals surface area contributed by atoms with Gasteiger partial charge in [-0.2, -0.15) is 0 Å². The molecule has 4 heteroatoms. The minimum Gasteiger partial charge on any atom is -0.298 e. The van der Waals surface area contributed by atoms with Gasteiger partial charge in [0.1, 0.15) is 5.25 Å². The van der Waals surface area contributed by atoms with Gasteiger partial charge in [-0.05, 0) is 12.8 Å². The van der Waals surface area contributed by atoms with E-state index in [1.54, 1.807) is 0 Å². The van der Waals surface area contributed by atoms with Gasteiger partial charge in [-0.1, -0.05) is 0 Å². The lowest BCUT2D eigenvalue weighted by molar-refractivity contribution is -0.117. The van der Waals surface area contributed by atoms with Gasteiger partial charge >= 0.3 is 0 Å². The fourth-order valence-electron chi connectivity index (χ4n) is 1.24. The van der Waals surface area contributed by atoms with E-state index < -0.39 is 15.1 Å². The molecule has 1 atom stereocenters. The average molecular weight is 162 g/mol. The molecular formula is C6H10O3S. The van der Waals surface area contributed by atoms with E-state index in [1.165, 1.54) is 0 Å². The highest BCUT2D eigenvalue weighted by molar-refractivity contribution is 7.92. The Morgan fingerprint density at radius 3 is 2.30 bits per heavy atom. The van der Waals surface area contributed by atoms with Crippen molar-refractivity contribution in [2.24, 2.45) is 0 Å². The molecule has 1 aliphatic rings. The summed E-state index contributed by atoms with van der Waals surface area (Å²) in [5, 5.41) is -0.688. The van der Waals surface area contributed by atoms with Crippen molar-refractivity contribution >= 4 is 15.6 Å². The molecule has 0 aromatic heterocycles. The Hall–Kier alpha value is -0.380. The lowest BCUT2D eigenvalue weighted by Crippen LogP contribution is -2.23. The Kier molecular flexibility index (Phi) is 1.81. The van der Waals surface area contributed by atoms with Gasteiger partial charge < -0.3 is 0 Å². The van der Waals surface area contributed by atoms with E-state index in [9.17, 15) is 13.2 Å². The van der Waals surface area contributed by atoms with Gasteiger partial charge in [0.25, 0.3) is 0 Å². The summed E-state index contributed by atoms with van der Waals surface area (Å²) < 4.78 is 21.6. The van der Waals surface area contributed by atoms with Crippen LogP contribution in [0.5, 0.6) is 0 Å². The van der Waals surface area contributed by atoms with E-state index in [1.807, 2.05) is 0 Å². The standard InChI is InChI=1S/C6H10O3S/c1-10(8,9)6-4-2-3-5(6)7/h6H,2-4H2,1H3/t6-/m0/s1. The molecule has 58 valence electrons. The van der Waals surface area contributed by atoms with Crippen LogP contribution >= 0.6 is 0 Å². The Balaban J connectivity index is 2.84. The number of hydrogen-bond donors (Lipinski definition) is 0. The van der Waals surface area contributed by atoms with Crippen LogP contribution in [0.3, 0.4) is 0 Å². The monoisotopic (exact) mass is 162 g/mol.